The van der Waals surface area contributed by atoms with Crippen LogP contribution in [0, 0.1) is 5.92 Å². The molecule has 1 aromatic carbocycles. The number of piperazine rings is 1. The van der Waals surface area contributed by atoms with Gasteiger partial charge in [-0.3, -0.25) is 9.69 Å². The SMILES string of the molecule is COCC1CCN(c2ccc(C(=O)N3C[C@@H]4C[C@H]3CN4C3CC3)cc2)C1. The van der Waals surface area contributed by atoms with Crippen molar-refractivity contribution in [1.82, 2.24) is 9.80 Å². The summed E-state index contributed by atoms with van der Waals surface area (Å²) in [7, 11) is 1.78. The van der Waals surface area contributed by atoms with Gasteiger partial charge in [-0.15, -0.1) is 0 Å². The average Bonchev–Trinajstić information content (AvgIpc) is 3.08. The molecule has 0 N–H and O–H groups in total. The van der Waals surface area contributed by atoms with Crippen molar-refractivity contribution in [3.05, 3.63) is 29.8 Å². The van der Waals surface area contributed by atoms with Gasteiger partial charge in [-0.05, 0) is 49.9 Å². The highest BCUT2D eigenvalue weighted by Gasteiger charge is 2.49. The highest BCUT2D eigenvalue weighted by molar-refractivity contribution is 5.95. The quantitative estimate of drug-likeness (QED) is 0.811. The number of hydrogen-bond acceptors (Lipinski definition) is 4. The van der Waals surface area contributed by atoms with Crippen LogP contribution >= 0.6 is 0 Å². The summed E-state index contributed by atoms with van der Waals surface area (Å²) < 4.78 is 5.29. The minimum Gasteiger partial charge on any atom is -0.384 e. The first-order valence-electron chi connectivity index (χ1n) is 10.1. The van der Waals surface area contributed by atoms with E-state index in [0.717, 1.165) is 44.4 Å². The van der Waals surface area contributed by atoms with Crippen LogP contribution < -0.4 is 4.90 Å². The van der Waals surface area contributed by atoms with E-state index in [1.54, 1.807) is 7.11 Å². The van der Waals surface area contributed by atoms with E-state index in [2.05, 4.69) is 26.8 Å². The molecule has 5 rings (SSSR count). The summed E-state index contributed by atoms with van der Waals surface area (Å²) in [6.07, 6.45) is 5.08. The fraction of sp³-hybridized carbons (Fsp3) is 0.667. The number of nitrogens with zero attached hydrogens (tertiary/aromatic N) is 3. The van der Waals surface area contributed by atoms with E-state index in [1.165, 1.54) is 31.4 Å². The van der Waals surface area contributed by atoms with Gasteiger partial charge in [0, 0.05) is 68.6 Å². The number of anilines is 1. The molecule has 4 fully saturated rings. The Labute approximate surface area is 155 Å². The van der Waals surface area contributed by atoms with E-state index in [1.807, 2.05) is 12.1 Å². The minimum atomic E-state index is 0.221. The number of carbonyl (C=O) groups excluding carboxylic acids is 1. The lowest BCUT2D eigenvalue weighted by atomic mass is 10.1. The molecule has 3 heterocycles. The van der Waals surface area contributed by atoms with Gasteiger partial charge in [-0.1, -0.05) is 0 Å². The zero-order chi connectivity index (χ0) is 17.7. The monoisotopic (exact) mass is 355 g/mol. The highest BCUT2D eigenvalue weighted by Crippen LogP contribution is 2.39. The zero-order valence-corrected chi connectivity index (χ0v) is 15.6. The second kappa shape index (κ2) is 6.54. The molecule has 3 saturated heterocycles. The van der Waals surface area contributed by atoms with Gasteiger partial charge in [0.25, 0.3) is 5.91 Å². The maximum atomic E-state index is 13.0. The lowest BCUT2D eigenvalue weighted by molar-refractivity contribution is 0.0615. The van der Waals surface area contributed by atoms with Crippen molar-refractivity contribution < 1.29 is 9.53 Å². The number of methoxy groups -OCH3 is 1. The fourth-order valence-corrected chi connectivity index (χ4v) is 5.22. The summed E-state index contributed by atoms with van der Waals surface area (Å²) >= 11 is 0. The summed E-state index contributed by atoms with van der Waals surface area (Å²) in [6, 6.07) is 10.1. The lowest BCUT2D eigenvalue weighted by Gasteiger charge is -2.34. The first-order valence-corrected chi connectivity index (χ1v) is 10.1. The van der Waals surface area contributed by atoms with Crippen LogP contribution in [0.25, 0.3) is 0 Å². The van der Waals surface area contributed by atoms with Gasteiger partial charge in [0.2, 0.25) is 0 Å². The van der Waals surface area contributed by atoms with Crippen LogP contribution in [0.1, 0.15) is 36.0 Å². The predicted octanol–water partition coefficient (Wildman–Crippen LogP) is 2.22. The number of amides is 1. The maximum absolute atomic E-state index is 13.0. The highest BCUT2D eigenvalue weighted by atomic mass is 16.5. The third kappa shape index (κ3) is 2.91. The van der Waals surface area contributed by atoms with Crippen LogP contribution in [-0.4, -0.2) is 73.7 Å². The molecule has 3 aliphatic heterocycles. The summed E-state index contributed by atoms with van der Waals surface area (Å²) in [4.78, 5) is 20.2. The largest absolute Gasteiger partial charge is 0.384 e. The van der Waals surface area contributed by atoms with E-state index < -0.39 is 0 Å². The van der Waals surface area contributed by atoms with E-state index in [0.29, 0.717) is 18.0 Å². The molecule has 140 valence electrons. The lowest BCUT2D eigenvalue weighted by Crippen LogP contribution is -2.49. The number of benzene rings is 1. The Kier molecular flexibility index (Phi) is 4.17. The van der Waals surface area contributed by atoms with Gasteiger partial charge in [0.15, 0.2) is 0 Å². The summed E-state index contributed by atoms with van der Waals surface area (Å²) in [5.74, 6) is 0.842. The van der Waals surface area contributed by atoms with E-state index >= 15 is 0 Å². The van der Waals surface area contributed by atoms with Crippen LogP contribution in [0.5, 0.6) is 0 Å². The molecule has 1 aliphatic carbocycles. The molecule has 1 unspecified atom stereocenters. The molecule has 0 radical (unpaired) electrons. The molecule has 1 aromatic rings. The van der Waals surface area contributed by atoms with E-state index in [-0.39, 0.29) is 5.91 Å². The van der Waals surface area contributed by atoms with Crippen molar-refractivity contribution >= 4 is 11.6 Å². The molecular weight excluding hydrogens is 326 g/mol. The van der Waals surface area contributed by atoms with Crippen molar-refractivity contribution in [3.8, 4) is 0 Å². The number of hydrogen-bond donors (Lipinski definition) is 0. The van der Waals surface area contributed by atoms with Gasteiger partial charge >= 0.3 is 0 Å². The van der Waals surface area contributed by atoms with Gasteiger partial charge in [-0.25, -0.2) is 0 Å². The van der Waals surface area contributed by atoms with Gasteiger partial charge in [0.05, 0.1) is 6.61 Å². The van der Waals surface area contributed by atoms with Gasteiger partial charge in [-0.2, -0.15) is 0 Å². The molecule has 0 spiro atoms. The number of rotatable bonds is 5. The van der Waals surface area contributed by atoms with Crippen LogP contribution in [0.15, 0.2) is 24.3 Å². The zero-order valence-electron chi connectivity index (χ0n) is 15.6. The molecule has 4 aliphatic rings. The molecule has 26 heavy (non-hydrogen) atoms. The van der Waals surface area contributed by atoms with Crippen molar-refractivity contribution in [2.75, 3.05) is 44.8 Å². The van der Waals surface area contributed by atoms with Crippen LogP contribution in [0.4, 0.5) is 5.69 Å². The van der Waals surface area contributed by atoms with Gasteiger partial charge in [0.1, 0.15) is 0 Å². The summed E-state index contributed by atoms with van der Waals surface area (Å²) in [5.41, 5.74) is 2.06. The Hall–Kier alpha value is -1.59. The van der Waals surface area contributed by atoms with Crippen molar-refractivity contribution in [2.24, 2.45) is 5.92 Å². The van der Waals surface area contributed by atoms with Crippen LogP contribution in [0.2, 0.25) is 0 Å². The van der Waals surface area contributed by atoms with Crippen molar-refractivity contribution in [1.29, 1.82) is 0 Å². The van der Waals surface area contributed by atoms with Crippen molar-refractivity contribution in [2.45, 2.75) is 43.8 Å². The fourth-order valence-electron chi connectivity index (χ4n) is 5.22. The first kappa shape index (κ1) is 16.6. The molecule has 0 aromatic heterocycles. The molecular formula is C21H29N3O2. The molecule has 5 nitrogen and oxygen atoms in total. The molecule has 1 amide bonds. The Balaban J connectivity index is 1.22. The number of carbonyl (C=O) groups is 1. The predicted molar refractivity (Wildman–Crippen MR) is 102 cm³/mol. The molecule has 5 heteroatoms. The number of ether oxygens (including phenoxy) is 1. The second-order valence-corrected chi connectivity index (χ2v) is 8.53. The van der Waals surface area contributed by atoms with Crippen LogP contribution in [0.3, 0.4) is 0 Å². The van der Waals surface area contributed by atoms with Gasteiger partial charge < -0.3 is 14.5 Å². The Morgan fingerprint density at radius 1 is 1.04 bits per heavy atom. The Morgan fingerprint density at radius 2 is 1.85 bits per heavy atom. The second-order valence-electron chi connectivity index (χ2n) is 8.53. The topological polar surface area (TPSA) is 36.0 Å². The maximum Gasteiger partial charge on any atom is 0.254 e. The average molecular weight is 355 g/mol. The van der Waals surface area contributed by atoms with E-state index in [4.69, 9.17) is 4.74 Å². The number of likely N-dealkylation sites (tertiary alicyclic amines) is 2. The van der Waals surface area contributed by atoms with E-state index in [9.17, 15) is 4.79 Å². The minimum absolute atomic E-state index is 0.221. The third-order valence-electron chi connectivity index (χ3n) is 6.73. The first-order chi connectivity index (χ1) is 12.7. The van der Waals surface area contributed by atoms with Crippen LogP contribution in [-0.2, 0) is 4.74 Å². The standard InChI is InChI=1S/C21H29N3O2/c1-26-14-15-8-9-22(11-15)17-4-2-16(3-5-17)21(25)24-13-19-10-20(24)12-23(19)18-6-7-18/h2-5,15,18-20H,6-14H2,1H3/t15?,19-,20-/m0/s1. The molecule has 2 bridgehead atoms. The molecule has 1 saturated carbocycles. The Bertz CT molecular complexity index is 672. The normalized spacial score (nSPS) is 31.2. The Morgan fingerprint density at radius 3 is 2.50 bits per heavy atom. The summed E-state index contributed by atoms with van der Waals surface area (Å²) in [5, 5.41) is 0. The summed E-state index contributed by atoms with van der Waals surface area (Å²) in [6.45, 7) is 4.98. The number of fused-ring (bicyclic) bond motifs is 2. The third-order valence-corrected chi connectivity index (χ3v) is 6.73. The smallest absolute Gasteiger partial charge is 0.254 e. The molecule has 3 atom stereocenters. The van der Waals surface area contributed by atoms with Crippen molar-refractivity contribution in [3.63, 3.8) is 0 Å².